The molecule has 0 spiro atoms. The van der Waals surface area contributed by atoms with Gasteiger partial charge in [-0.1, -0.05) is 17.8 Å². The predicted molar refractivity (Wildman–Crippen MR) is 88.8 cm³/mol. The molecule has 0 N–H and O–H groups in total. The number of hydrogen-bond acceptors (Lipinski definition) is 4. The largest absolute Gasteiger partial charge is 0.385 e. The number of nitrogens with zero attached hydrogens (tertiary/aromatic N) is 3. The van der Waals surface area contributed by atoms with E-state index < -0.39 is 0 Å². The molecule has 2 aromatic rings. The summed E-state index contributed by atoms with van der Waals surface area (Å²) in [6.07, 6.45) is 6.48. The highest BCUT2D eigenvalue weighted by Gasteiger charge is 2.13. The molecule has 0 aliphatic rings. The lowest BCUT2D eigenvalue weighted by Crippen LogP contribution is -2.28. The van der Waals surface area contributed by atoms with Crippen molar-refractivity contribution in [3.63, 3.8) is 0 Å². The maximum atomic E-state index is 12.5. The van der Waals surface area contributed by atoms with Gasteiger partial charge in [0.1, 0.15) is 0 Å². The number of amides is 1. The Morgan fingerprint density at radius 2 is 2.27 bits per heavy atom. The predicted octanol–water partition coefficient (Wildman–Crippen LogP) is 2.70. The Balaban J connectivity index is 2.16. The van der Waals surface area contributed by atoms with E-state index in [0.29, 0.717) is 18.7 Å². The van der Waals surface area contributed by atoms with Crippen molar-refractivity contribution in [2.45, 2.75) is 11.6 Å². The van der Waals surface area contributed by atoms with Gasteiger partial charge in [-0.2, -0.15) is 0 Å². The Kier molecular flexibility index (Phi) is 6.03. The smallest absolute Gasteiger partial charge is 0.253 e. The number of benzene rings is 1. The molecule has 22 heavy (non-hydrogen) atoms. The number of rotatable bonds is 7. The topological polar surface area (TPSA) is 47.4 Å². The summed E-state index contributed by atoms with van der Waals surface area (Å²) in [7, 11) is 3.48. The second-order valence-electron chi connectivity index (χ2n) is 4.91. The summed E-state index contributed by atoms with van der Waals surface area (Å²) in [5.74, 6) is 0.0174. The first-order valence-electron chi connectivity index (χ1n) is 7.09. The minimum absolute atomic E-state index is 0.0174. The van der Waals surface area contributed by atoms with Crippen molar-refractivity contribution in [1.29, 1.82) is 0 Å². The zero-order valence-corrected chi connectivity index (χ0v) is 14.0. The zero-order valence-electron chi connectivity index (χ0n) is 13.2. The number of imidazole rings is 1. The second-order valence-corrected chi connectivity index (χ2v) is 5.68. The maximum absolute atomic E-state index is 12.5. The summed E-state index contributed by atoms with van der Waals surface area (Å²) in [5, 5.41) is 0.901. The fourth-order valence-electron chi connectivity index (χ4n) is 2.19. The third-order valence-corrected chi connectivity index (χ3v) is 4.02. The summed E-state index contributed by atoms with van der Waals surface area (Å²) >= 11 is 1.57. The third-order valence-electron chi connectivity index (χ3n) is 3.35. The molecule has 2 rings (SSSR count). The minimum atomic E-state index is 0.0174. The second kappa shape index (κ2) is 8.00. The normalized spacial score (nSPS) is 10.7. The van der Waals surface area contributed by atoms with Gasteiger partial charge in [0.25, 0.3) is 5.91 Å². The number of aromatic nitrogens is 2. The van der Waals surface area contributed by atoms with E-state index >= 15 is 0 Å². The Morgan fingerprint density at radius 1 is 1.45 bits per heavy atom. The van der Waals surface area contributed by atoms with Gasteiger partial charge in [-0.05, 0) is 30.9 Å². The fraction of sp³-hybridized carbons (Fsp3) is 0.375. The van der Waals surface area contributed by atoms with Crippen LogP contribution in [0.4, 0.5) is 0 Å². The van der Waals surface area contributed by atoms with Gasteiger partial charge in [-0.3, -0.25) is 9.36 Å². The van der Waals surface area contributed by atoms with Crippen LogP contribution in [-0.4, -0.2) is 53.9 Å². The summed E-state index contributed by atoms with van der Waals surface area (Å²) < 4.78 is 7.00. The van der Waals surface area contributed by atoms with E-state index in [0.717, 1.165) is 17.3 Å². The van der Waals surface area contributed by atoms with Crippen LogP contribution in [0.2, 0.25) is 0 Å². The molecule has 118 valence electrons. The van der Waals surface area contributed by atoms with Gasteiger partial charge >= 0.3 is 0 Å². The first kappa shape index (κ1) is 16.6. The molecule has 0 atom stereocenters. The molecule has 1 heterocycles. The van der Waals surface area contributed by atoms with Crippen LogP contribution in [0.15, 0.2) is 41.8 Å². The van der Waals surface area contributed by atoms with Crippen molar-refractivity contribution in [2.75, 3.05) is 33.6 Å². The lowest BCUT2D eigenvalue weighted by Gasteiger charge is -2.17. The Morgan fingerprint density at radius 3 is 3.00 bits per heavy atom. The third kappa shape index (κ3) is 3.90. The van der Waals surface area contributed by atoms with Gasteiger partial charge < -0.3 is 9.64 Å². The molecule has 1 aromatic heterocycles. The molecule has 0 unspecified atom stereocenters. The van der Waals surface area contributed by atoms with Gasteiger partial charge in [0.15, 0.2) is 5.16 Å². The van der Waals surface area contributed by atoms with E-state index in [4.69, 9.17) is 4.74 Å². The van der Waals surface area contributed by atoms with Gasteiger partial charge in [-0.25, -0.2) is 4.98 Å². The fourth-order valence-corrected chi connectivity index (χ4v) is 2.72. The van der Waals surface area contributed by atoms with Crippen molar-refractivity contribution in [1.82, 2.24) is 14.5 Å². The van der Waals surface area contributed by atoms with Crippen molar-refractivity contribution in [3.8, 4) is 5.69 Å². The molecule has 0 aliphatic carbocycles. The van der Waals surface area contributed by atoms with Gasteiger partial charge in [0.2, 0.25) is 0 Å². The lowest BCUT2D eigenvalue weighted by atomic mass is 10.1. The van der Waals surface area contributed by atoms with Crippen molar-refractivity contribution in [3.05, 3.63) is 42.2 Å². The molecular weight excluding hydrogens is 298 g/mol. The molecule has 0 bridgehead atoms. The maximum Gasteiger partial charge on any atom is 0.253 e. The molecule has 5 nitrogen and oxygen atoms in total. The van der Waals surface area contributed by atoms with Gasteiger partial charge in [-0.15, -0.1) is 0 Å². The molecule has 0 saturated carbocycles. The molecule has 0 fully saturated rings. The van der Waals surface area contributed by atoms with Crippen LogP contribution in [0.5, 0.6) is 0 Å². The number of hydrogen-bond donors (Lipinski definition) is 0. The molecule has 1 aromatic carbocycles. The number of methoxy groups -OCH3 is 1. The highest BCUT2D eigenvalue weighted by atomic mass is 32.2. The number of thioether (sulfide) groups is 1. The van der Waals surface area contributed by atoms with E-state index in [1.165, 1.54) is 0 Å². The van der Waals surface area contributed by atoms with Gasteiger partial charge in [0.05, 0.1) is 0 Å². The lowest BCUT2D eigenvalue weighted by molar-refractivity contribution is 0.0779. The zero-order chi connectivity index (χ0) is 15.9. The van der Waals surface area contributed by atoms with Crippen LogP contribution in [0, 0.1) is 0 Å². The average molecular weight is 319 g/mol. The summed E-state index contributed by atoms with van der Waals surface area (Å²) in [6.45, 7) is 1.34. The van der Waals surface area contributed by atoms with E-state index in [-0.39, 0.29) is 5.91 Å². The van der Waals surface area contributed by atoms with Crippen molar-refractivity contribution in [2.24, 2.45) is 0 Å². The Bertz CT molecular complexity index is 627. The van der Waals surface area contributed by atoms with Gasteiger partial charge in [0, 0.05) is 51.0 Å². The standard InChI is InChI=1S/C16H21N3O2S/c1-18(9-5-11-21-2)15(20)13-6-4-7-14(12-13)19-10-8-17-16(19)22-3/h4,6-8,10,12H,5,9,11H2,1-3H3. The molecule has 1 amide bonds. The van der Waals surface area contributed by atoms with Crippen LogP contribution in [0.3, 0.4) is 0 Å². The van der Waals surface area contributed by atoms with Crippen molar-refractivity contribution >= 4 is 17.7 Å². The van der Waals surface area contributed by atoms with E-state index in [1.807, 2.05) is 48.3 Å². The number of carbonyl (C=O) groups excluding carboxylic acids is 1. The van der Waals surface area contributed by atoms with Crippen LogP contribution in [0.25, 0.3) is 5.69 Å². The number of ether oxygens (including phenoxy) is 1. The van der Waals surface area contributed by atoms with Crippen LogP contribution in [-0.2, 0) is 4.74 Å². The van der Waals surface area contributed by atoms with E-state index in [9.17, 15) is 4.79 Å². The molecular formula is C16H21N3O2S. The Hall–Kier alpha value is -1.79. The number of carbonyl (C=O) groups is 1. The summed E-state index contributed by atoms with van der Waals surface area (Å²) in [5.41, 5.74) is 1.62. The summed E-state index contributed by atoms with van der Waals surface area (Å²) in [4.78, 5) is 18.5. The Labute approximate surface area is 135 Å². The average Bonchev–Trinajstić information content (AvgIpc) is 3.03. The molecule has 0 radical (unpaired) electrons. The SMILES string of the molecule is COCCCN(C)C(=O)c1cccc(-n2ccnc2SC)c1. The van der Waals surface area contributed by atoms with Crippen molar-refractivity contribution < 1.29 is 9.53 Å². The molecule has 6 heteroatoms. The van der Waals surface area contributed by atoms with Crippen LogP contribution >= 0.6 is 11.8 Å². The highest BCUT2D eigenvalue weighted by molar-refractivity contribution is 7.98. The first-order valence-corrected chi connectivity index (χ1v) is 8.32. The van der Waals surface area contributed by atoms with Crippen LogP contribution < -0.4 is 0 Å². The minimum Gasteiger partial charge on any atom is -0.385 e. The highest BCUT2D eigenvalue weighted by Crippen LogP contribution is 2.19. The molecule has 0 saturated heterocycles. The monoisotopic (exact) mass is 319 g/mol. The summed E-state index contributed by atoms with van der Waals surface area (Å²) in [6, 6.07) is 7.61. The van der Waals surface area contributed by atoms with Crippen LogP contribution in [0.1, 0.15) is 16.8 Å². The van der Waals surface area contributed by atoms with E-state index in [2.05, 4.69) is 4.98 Å². The first-order chi connectivity index (χ1) is 10.7. The molecule has 0 aliphatic heterocycles. The van der Waals surface area contributed by atoms with E-state index in [1.54, 1.807) is 30.0 Å². The quantitative estimate of drug-likeness (QED) is 0.581.